The summed E-state index contributed by atoms with van der Waals surface area (Å²) in [6.45, 7) is 3.69. The molecule has 7 heteroatoms. The monoisotopic (exact) mass is 370 g/mol. The Morgan fingerprint density at radius 2 is 1.92 bits per heavy atom. The van der Waals surface area contributed by atoms with Crippen molar-refractivity contribution in [2.45, 2.75) is 26.2 Å². The van der Waals surface area contributed by atoms with Gasteiger partial charge in [-0.1, -0.05) is 42.5 Å². The number of nitrogens with one attached hydrogen (secondary N) is 1. The lowest BCUT2D eigenvalue weighted by Gasteiger charge is -2.28. The number of aromatic nitrogens is 2. The molecule has 0 amide bonds. The van der Waals surface area contributed by atoms with E-state index in [0.29, 0.717) is 0 Å². The first-order valence-electron chi connectivity index (χ1n) is 8.67. The lowest BCUT2D eigenvalue weighted by Crippen LogP contribution is -2.33. The number of rotatable bonds is 5. The van der Waals surface area contributed by atoms with Crippen molar-refractivity contribution in [3.8, 4) is 0 Å². The van der Waals surface area contributed by atoms with Crippen LogP contribution in [-0.4, -0.2) is 35.9 Å². The van der Waals surface area contributed by atoms with Gasteiger partial charge < -0.3 is 0 Å². The maximum atomic E-state index is 11.3. The smallest absolute Gasteiger partial charge is 0.209 e. The van der Waals surface area contributed by atoms with Crippen molar-refractivity contribution < 1.29 is 8.42 Å². The summed E-state index contributed by atoms with van der Waals surface area (Å²) < 4.78 is 27.0. The SMILES string of the molecule is CS(=O)(=O)NCc1cc2n(n1)CCN(Cc1cccc3ccccc13)C2. The van der Waals surface area contributed by atoms with Gasteiger partial charge in [0.25, 0.3) is 0 Å². The fourth-order valence-electron chi connectivity index (χ4n) is 3.48. The van der Waals surface area contributed by atoms with Crippen LogP contribution in [0.2, 0.25) is 0 Å². The third-order valence-electron chi connectivity index (χ3n) is 4.72. The Morgan fingerprint density at radius 1 is 1.12 bits per heavy atom. The molecule has 136 valence electrons. The standard InChI is InChI=1S/C19H22N4O2S/c1-26(24,25)20-12-17-11-18-14-22(9-10-23(18)21-17)13-16-7-4-6-15-5-2-3-8-19(15)16/h2-8,11,20H,9-10,12-14H2,1H3. The van der Waals surface area contributed by atoms with Crippen LogP contribution in [0.3, 0.4) is 0 Å². The van der Waals surface area contributed by atoms with Crippen LogP contribution in [0.1, 0.15) is 17.0 Å². The van der Waals surface area contributed by atoms with Crippen LogP contribution in [0.5, 0.6) is 0 Å². The molecule has 0 spiro atoms. The predicted octanol–water partition coefficient (Wildman–Crippen LogP) is 2.10. The summed E-state index contributed by atoms with van der Waals surface area (Å²) in [5.74, 6) is 0. The van der Waals surface area contributed by atoms with Crippen LogP contribution in [0.15, 0.2) is 48.5 Å². The Balaban J connectivity index is 1.49. The molecule has 0 aliphatic carbocycles. The van der Waals surface area contributed by atoms with E-state index < -0.39 is 10.0 Å². The fraction of sp³-hybridized carbons (Fsp3) is 0.316. The van der Waals surface area contributed by atoms with Gasteiger partial charge in [-0.2, -0.15) is 5.10 Å². The molecule has 1 aliphatic rings. The normalized spacial score (nSPS) is 15.3. The van der Waals surface area contributed by atoms with E-state index in [0.717, 1.165) is 43.8 Å². The van der Waals surface area contributed by atoms with Gasteiger partial charge >= 0.3 is 0 Å². The van der Waals surface area contributed by atoms with Crippen molar-refractivity contribution in [3.05, 3.63) is 65.5 Å². The third-order valence-corrected chi connectivity index (χ3v) is 5.39. The molecule has 1 aromatic heterocycles. The summed E-state index contributed by atoms with van der Waals surface area (Å²) in [6, 6.07) is 16.9. The summed E-state index contributed by atoms with van der Waals surface area (Å²) in [5.41, 5.74) is 3.22. The van der Waals surface area contributed by atoms with Gasteiger partial charge in [0.1, 0.15) is 0 Å². The molecule has 0 saturated heterocycles. The molecular formula is C19H22N4O2S. The average molecular weight is 370 g/mol. The van der Waals surface area contributed by atoms with Crippen molar-refractivity contribution in [1.82, 2.24) is 19.4 Å². The Kier molecular flexibility index (Phi) is 4.52. The Hall–Kier alpha value is -2.22. The first-order valence-corrected chi connectivity index (χ1v) is 10.6. The topological polar surface area (TPSA) is 67.2 Å². The molecule has 3 aromatic rings. The van der Waals surface area contributed by atoms with Gasteiger partial charge in [-0.25, -0.2) is 13.1 Å². The van der Waals surface area contributed by atoms with Crippen molar-refractivity contribution in [2.24, 2.45) is 0 Å². The van der Waals surface area contributed by atoms with E-state index in [1.165, 1.54) is 16.3 Å². The molecule has 0 saturated carbocycles. The number of benzene rings is 2. The zero-order chi connectivity index (χ0) is 18.1. The number of hydrogen-bond acceptors (Lipinski definition) is 4. The van der Waals surface area contributed by atoms with Crippen LogP contribution >= 0.6 is 0 Å². The molecule has 4 rings (SSSR count). The second kappa shape index (κ2) is 6.83. The summed E-state index contributed by atoms with van der Waals surface area (Å²) in [7, 11) is -3.21. The van der Waals surface area contributed by atoms with Crippen LogP contribution in [0, 0.1) is 0 Å². The molecule has 26 heavy (non-hydrogen) atoms. The predicted molar refractivity (Wildman–Crippen MR) is 102 cm³/mol. The highest BCUT2D eigenvalue weighted by Gasteiger charge is 2.19. The molecule has 2 heterocycles. The number of nitrogens with zero attached hydrogens (tertiary/aromatic N) is 3. The maximum Gasteiger partial charge on any atom is 0.209 e. The minimum Gasteiger partial charge on any atom is -0.291 e. The summed E-state index contributed by atoms with van der Waals surface area (Å²) in [5, 5.41) is 7.07. The summed E-state index contributed by atoms with van der Waals surface area (Å²) in [6.07, 6.45) is 1.16. The average Bonchev–Trinajstić information content (AvgIpc) is 3.02. The largest absolute Gasteiger partial charge is 0.291 e. The third kappa shape index (κ3) is 3.80. The number of sulfonamides is 1. The zero-order valence-electron chi connectivity index (χ0n) is 14.7. The molecule has 1 N–H and O–H groups in total. The van der Waals surface area contributed by atoms with Crippen molar-refractivity contribution in [2.75, 3.05) is 12.8 Å². The Bertz CT molecular complexity index is 1040. The van der Waals surface area contributed by atoms with Gasteiger partial charge in [0, 0.05) is 19.6 Å². The summed E-state index contributed by atoms with van der Waals surface area (Å²) in [4.78, 5) is 2.41. The van der Waals surface area contributed by atoms with Crippen LogP contribution in [-0.2, 0) is 36.2 Å². The summed E-state index contributed by atoms with van der Waals surface area (Å²) >= 11 is 0. The Morgan fingerprint density at radius 3 is 2.77 bits per heavy atom. The molecule has 0 fully saturated rings. The molecule has 6 nitrogen and oxygen atoms in total. The molecule has 0 unspecified atom stereocenters. The van der Waals surface area contributed by atoms with Gasteiger partial charge in [-0.3, -0.25) is 9.58 Å². The van der Waals surface area contributed by atoms with E-state index >= 15 is 0 Å². The second-order valence-corrected chi connectivity index (χ2v) is 8.63. The fourth-order valence-corrected chi connectivity index (χ4v) is 3.89. The van der Waals surface area contributed by atoms with Gasteiger partial charge in [0.15, 0.2) is 0 Å². The van der Waals surface area contributed by atoms with E-state index in [2.05, 4.69) is 57.2 Å². The van der Waals surface area contributed by atoms with E-state index in [4.69, 9.17) is 0 Å². The first kappa shape index (κ1) is 17.2. The highest BCUT2D eigenvalue weighted by Crippen LogP contribution is 2.22. The first-order chi connectivity index (χ1) is 12.5. The number of fused-ring (bicyclic) bond motifs is 2. The molecule has 0 radical (unpaired) electrons. The van der Waals surface area contributed by atoms with Crippen LogP contribution < -0.4 is 4.72 Å². The van der Waals surface area contributed by atoms with Crippen LogP contribution in [0.4, 0.5) is 0 Å². The highest BCUT2D eigenvalue weighted by molar-refractivity contribution is 7.88. The van der Waals surface area contributed by atoms with E-state index in [-0.39, 0.29) is 6.54 Å². The highest BCUT2D eigenvalue weighted by atomic mass is 32.2. The van der Waals surface area contributed by atoms with Gasteiger partial charge in [-0.05, 0) is 22.4 Å². The lowest BCUT2D eigenvalue weighted by molar-refractivity contribution is 0.206. The molecular weight excluding hydrogens is 348 g/mol. The minimum atomic E-state index is -3.21. The van der Waals surface area contributed by atoms with E-state index in [1.807, 2.05) is 10.7 Å². The lowest BCUT2D eigenvalue weighted by atomic mass is 10.0. The maximum absolute atomic E-state index is 11.3. The Labute approximate surface area is 153 Å². The molecule has 0 atom stereocenters. The zero-order valence-corrected chi connectivity index (χ0v) is 15.5. The van der Waals surface area contributed by atoms with Crippen molar-refractivity contribution in [3.63, 3.8) is 0 Å². The van der Waals surface area contributed by atoms with Gasteiger partial charge in [0.2, 0.25) is 10.0 Å². The van der Waals surface area contributed by atoms with E-state index in [1.54, 1.807) is 0 Å². The minimum absolute atomic E-state index is 0.238. The number of hydrogen-bond donors (Lipinski definition) is 1. The van der Waals surface area contributed by atoms with E-state index in [9.17, 15) is 8.42 Å². The quantitative estimate of drug-likeness (QED) is 0.747. The van der Waals surface area contributed by atoms with Crippen molar-refractivity contribution in [1.29, 1.82) is 0 Å². The molecule has 1 aliphatic heterocycles. The van der Waals surface area contributed by atoms with Gasteiger partial charge in [-0.15, -0.1) is 0 Å². The molecule has 0 bridgehead atoms. The van der Waals surface area contributed by atoms with Crippen molar-refractivity contribution >= 4 is 20.8 Å². The van der Waals surface area contributed by atoms with Crippen LogP contribution in [0.25, 0.3) is 10.8 Å². The molecule has 2 aromatic carbocycles. The second-order valence-electron chi connectivity index (χ2n) is 6.79. The van der Waals surface area contributed by atoms with Gasteiger partial charge in [0.05, 0.1) is 30.7 Å².